The van der Waals surface area contributed by atoms with Gasteiger partial charge in [0.1, 0.15) is 17.9 Å². The number of carbonyl (C=O) groups excluding carboxylic acids is 3. The van der Waals surface area contributed by atoms with Gasteiger partial charge in [-0.3, -0.25) is 24.6 Å². The molecule has 2 aliphatic carbocycles. The molecule has 2 saturated heterocycles. The van der Waals surface area contributed by atoms with Gasteiger partial charge >= 0.3 is 0 Å². The lowest BCUT2D eigenvalue weighted by Gasteiger charge is -2.39. The third-order valence-corrected chi connectivity index (χ3v) is 10.4. The molecule has 3 amide bonds. The summed E-state index contributed by atoms with van der Waals surface area (Å²) < 4.78 is 6.50. The standard InChI is InChI=1S/C34H38ClN3O4/c1-34(2)12-11-21(27(15-34)20-3-5-24(35)6-4-20)16-37-17-23-14-30(28(23)19-37)42-25-7-8-26-22(13-25)18-38(33(26)41)29-9-10-31(39)36-32(29)40/h3-8,13,23,28-30H,9-12,14-19H2,1-2H3,(H,36,39,40). The van der Waals surface area contributed by atoms with Gasteiger partial charge in [0.2, 0.25) is 11.8 Å². The highest BCUT2D eigenvalue weighted by molar-refractivity contribution is 6.30. The molecule has 0 bridgehead atoms. The van der Waals surface area contributed by atoms with Crippen molar-refractivity contribution in [2.45, 2.75) is 71.1 Å². The van der Waals surface area contributed by atoms with Crippen molar-refractivity contribution in [2.75, 3.05) is 19.6 Å². The van der Waals surface area contributed by atoms with Crippen LogP contribution < -0.4 is 10.1 Å². The SMILES string of the molecule is CC1(C)CCC(CN2CC3CC(Oc4ccc5c(c4)CN(C4CCC(=O)NC4=O)C5=O)C3C2)=C(c2ccc(Cl)cc2)C1. The maximum absolute atomic E-state index is 13.0. The van der Waals surface area contributed by atoms with E-state index in [1.807, 2.05) is 30.3 Å². The third kappa shape index (κ3) is 5.15. The van der Waals surface area contributed by atoms with Crippen LogP contribution in [0, 0.1) is 17.3 Å². The molecule has 3 aliphatic heterocycles. The molecule has 3 fully saturated rings. The van der Waals surface area contributed by atoms with E-state index in [0.29, 0.717) is 35.8 Å². The van der Waals surface area contributed by atoms with Crippen LogP contribution in [0.25, 0.3) is 5.57 Å². The lowest BCUT2D eigenvalue weighted by Crippen LogP contribution is -2.52. The first kappa shape index (κ1) is 27.7. The van der Waals surface area contributed by atoms with Crippen LogP contribution in [-0.4, -0.2) is 59.3 Å². The van der Waals surface area contributed by atoms with Crippen LogP contribution in [0.1, 0.15) is 73.9 Å². The van der Waals surface area contributed by atoms with Crippen molar-refractivity contribution in [1.29, 1.82) is 0 Å². The van der Waals surface area contributed by atoms with Gasteiger partial charge in [0.25, 0.3) is 5.91 Å². The Kier molecular flexibility index (Phi) is 6.93. The molecule has 4 atom stereocenters. The molecular formula is C34H38ClN3O4. The van der Waals surface area contributed by atoms with Crippen LogP contribution in [0.5, 0.6) is 5.75 Å². The minimum absolute atomic E-state index is 0.153. The quantitative estimate of drug-likeness (QED) is 0.454. The number of nitrogens with zero attached hydrogens (tertiary/aromatic N) is 2. The number of halogens is 1. The van der Waals surface area contributed by atoms with Crippen LogP contribution in [0.3, 0.4) is 0 Å². The van der Waals surface area contributed by atoms with Crippen LogP contribution in [0.15, 0.2) is 48.0 Å². The number of amides is 3. The van der Waals surface area contributed by atoms with Crippen molar-refractivity contribution in [2.24, 2.45) is 17.3 Å². The van der Waals surface area contributed by atoms with Gasteiger partial charge in [0, 0.05) is 49.1 Å². The Balaban J connectivity index is 0.998. The molecule has 3 heterocycles. The zero-order chi connectivity index (χ0) is 29.2. The Hall–Kier alpha value is -3.16. The van der Waals surface area contributed by atoms with E-state index in [4.69, 9.17) is 16.3 Å². The highest BCUT2D eigenvalue weighted by atomic mass is 35.5. The summed E-state index contributed by atoms with van der Waals surface area (Å²) in [7, 11) is 0. The molecule has 1 saturated carbocycles. The molecule has 7 nitrogen and oxygen atoms in total. The topological polar surface area (TPSA) is 79.0 Å². The summed E-state index contributed by atoms with van der Waals surface area (Å²) in [5, 5.41) is 3.14. The smallest absolute Gasteiger partial charge is 0.255 e. The second-order valence-corrected chi connectivity index (χ2v) is 14.1. The Morgan fingerprint density at radius 2 is 1.86 bits per heavy atom. The average molecular weight is 588 g/mol. The minimum atomic E-state index is -0.602. The number of nitrogens with one attached hydrogen (secondary N) is 1. The van der Waals surface area contributed by atoms with Crippen LogP contribution in [0.4, 0.5) is 0 Å². The molecule has 2 aromatic carbocycles. The number of fused-ring (bicyclic) bond motifs is 2. The largest absolute Gasteiger partial charge is 0.490 e. The number of ether oxygens (including phenoxy) is 1. The van der Waals surface area contributed by atoms with E-state index in [0.717, 1.165) is 55.2 Å². The van der Waals surface area contributed by atoms with Gasteiger partial charge in [0.15, 0.2) is 0 Å². The van der Waals surface area contributed by atoms with Crippen molar-refractivity contribution in [3.8, 4) is 5.75 Å². The predicted molar refractivity (Wildman–Crippen MR) is 161 cm³/mol. The van der Waals surface area contributed by atoms with Crippen molar-refractivity contribution < 1.29 is 19.1 Å². The van der Waals surface area contributed by atoms with Crippen LogP contribution in [-0.2, 0) is 16.1 Å². The fourth-order valence-corrected chi connectivity index (χ4v) is 7.86. The lowest BCUT2D eigenvalue weighted by atomic mass is 9.72. The van der Waals surface area contributed by atoms with Crippen molar-refractivity contribution in [3.63, 3.8) is 0 Å². The Morgan fingerprint density at radius 1 is 1.05 bits per heavy atom. The lowest BCUT2D eigenvalue weighted by molar-refractivity contribution is -0.136. The normalized spacial score (nSPS) is 28.8. The summed E-state index contributed by atoms with van der Waals surface area (Å²) in [6.45, 7) is 8.29. The van der Waals surface area contributed by atoms with Gasteiger partial charge in [-0.2, -0.15) is 0 Å². The number of allylic oxidation sites excluding steroid dienone is 1. The number of benzene rings is 2. The van der Waals surface area contributed by atoms with E-state index < -0.39 is 6.04 Å². The summed E-state index contributed by atoms with van der Waals surface area (Å²) in [6.07, 6.45) is 5.30. The zero-order valence-electron chi connectivity index (χ0n) is 24.3. The highest BCUT2D eigenvalue weighted by Gasteiger charge is 2.49. The molecule has 1 N–H and O–H groups in total. The molecular weight excluding hydrogens is 550 g/mol. The molecule has 42 heavy (non-hydrogen) atoms. The fourth-order valence-electron chi connectivity index (χ4n) is 7.73. The molecule has 0 aromatic heterocycles. The predicted octanol–water partition coefficient (Wildman–Crippen LogP) is 5.46. The number of hydrogen-bond donors (Lipinski definition) is 1. The van der Waals surface area contributed by atoms with Crippen LogP contribution in [0.2, 0.25) is 5.02 Å². The molecule has 5 aliphatic rings. The van der Waals surface area contributed by atoms with E-state index in [2.05, 4.69) is 36.2 Å². The zero-order valence-corrected chi connectivity index (χ0v) is 25.1. The monoisotopic (exact) mass is 587 g/mol. The molecule has 0 radical (unpaired) electrons. The fraction of sp³-hybridized carbons (Fsp3) is 0.500. The Labute approximate surface area is 252 Å². The summed E-state index contributed by atoms with van der Waals surface area (Å²) in [5.41, 5.74) is 6.17. The van der Waals surface area contributed by atoms with Crippen molar-refractivity contribution in [3.05, 3.63) is 69.8 Å². The Bertz CT molecular complexity index is 1480. The molecule has 220 valence electrons. The molecule has 2 aromatic rings. The number of hydrogen-bond acceptors (Lipinski definition) is 5. The minimum Gasteiger partial charge on any atom is -0.490 e. The summed E-state index contributed by atoms with van der Waals surface area (Å²) in [6, 6.07) is 13.4. The van der Waals surface area contributed by atoms with Gasteiger partial charge in [-0.05, 0) is 90.5 Å². The number of piperidine rings is 1. The first-order chi connectivity index (χ1) is 20.1. The first-order valence-electron chi connectivity index (χ1n) is 15.3. The number of carbonyl (C=O) groups is 3. The van der Waals surface area contributed by atoms with Crippen molar-refractivity contribution in [1.82, 2.24) is 15.1 Å². The molecule has 8 heteroatoms. The molecule has 4 unspecified atom stereocenters. The van der Waals surface area contributed by atoms with E-state index in [1.165, 1.54) is 17.6 Å². The van der Waals surface area contributed by atoms with Crippen molar-refractivity contribution >= 4 is 34.9 Å². The summed E-state index contributed by atoms with van der Waals surface area (Å²) in [5.74, 6) is 1.15. The maximum Gasteiger partial charge on any atom is 0.255 e. The van der Waals surface area contributed by atoms with Crippen LogP contribution >= 0.6 is 11.6 Å². The van der Waals surface area contributed by atoms with Gasteiger partial charge in [-0.1, -0.05) is 43.2 Å². The van der Waals surface area contributed by atoms with E-state index >= 15 is 0 Å². The van der Waals surface area contributed by atoms with Gasteiger partial charge in [0.05, 0.1) is 0 Å². The number of rotatable bonds is 6. The van der Waals surface area contributed by atoms with E-state index in [-0.39, 0.29) is 30.2 Å². The summed E-state index contributed by atoms with van der Waals surface area (Å²) >= 11 is 6.20. The molecule has 0 spiro atoms. The summed E-state index contributed by atoms with van der Waals surface area (Å²) in [4.78, 5) is 41.2. The van der Waals surface area contributed by atoms with Gasteiger partial charge < -0.3 is 9.64 Å². The van der Waals surface area contributed by atoms with Gasteiger partial charge in [-0.25, -0.2) is 0 Å². The molecule has 7 rings (SSSR count). The maximum atomic E-state index is 13.0. The average Bonchev–Trinajstić information content (AvgIpc) is 3.44. The number of likely N-dealkylation sites (tertiary alicyclic amines) is 1. The van der Waals surface area contributed by atoms with E-state index in [1.54, 1.807) is 10.5 Å². The highest BCUT2D eigenvalue weighted by Crippen LogP contribution is 2.46. The number of imide groups is 1. The first-order valence-corrected chi connectivity index (χ1v) is 15.6. The second-order valence-electron chi connectivity index (χ2n) is 13.7. The van der Waals surface area contributed by atoms with E-state index in [9.17, 15) is 14.4 Å². The van der Waals surface area contributed by atoms with Gasteiger partial charge in [-0.15, -0.1) is 0 Å². The Morgan fingerprint density at radius 3 is 2.64 bits per heavy atom. The second kappa shape index (κ2) is 10.5. The third-order valence-electron chi connectivity index (χ3n) is 10.2.